The molecule has 1 unspecified atom stereocenters. The summed E-state index contributed by atoms with van der Waals surface area (Å²) < 4.78 is 13.4. The molecule has 104 valence electrons. The zero-order chi connectivity index (χ0) is 14.4. The van der Waals surface area contributed by atoms with Gasteiger partial charge in [-0.15, -0.1) is 0 Å². The second-order valence-corrected chi connectivity index (χ2v) is 4.04. The number of amides is 1. The number of benzene rings is 1. The molecule has 0 fully saturated rings. The van der Waals surface area contributed by atoms with Gasteiger partial charge in [0.25, 0.3) is 0 Å². The van der Waals surface area contributed by atoms with E-state index in [2.05, 4.69) is 10.6 Å². The van der Waals surface area contributed by atoms with Crippen LogP contribution in [0.2, 0.25) is 0 Å². The summed E-state index contributed by atoms with van der Waals surface area (Å²) in [4.78, 5) is 21.1. The standard InChI is InChI=1S/C12H16FN3O3/c1-3-14-12(17)8(2)15-7-9-4-5-11(16(18)19)10(13)6-9/h4-6,8,15H,3,7H2,1-2H3,(H,14,17). The molecule has 0 aliphatic rings. The number of nitrogens with zero attached hydrogens (tertiary/aromatic N) is 1. The van der Waals surface area contributed by atoms with Crippen molar-refractivity contribution in [1.82, 2.24) is 10.6 Å². The largest absolute Gasteiger partial charge is 0.355 e. The number of carbonyl (C=O) groups is 1. The van der Waals surface area contributed by atoms with Gasteiger partial charge in [0.05, 0.1) is 11.0 Å². The van der Waals surface area contributed by atoms with E-state index in [0.717, 1.165) is 12.1 Å². The van der Waals surface area contributed by atoms with Crippen LogP contribution in [0, 0.1) is 15.9 Å². The van der Waals surface area contributed by atoms with Gasteiger partial charge in [-0.05, 0) is 25.5 Å². The van der Waals surface area contributed by atoms with Crippen LogP contribution in [-0.4, -0.2) is 23.4 Å². The molecule has 1 aromatic rings. The number of nitro benzene ring substituents is 1. The monoisotopic (exact) mass is 269 g/mol. The number of nitrogens with one attached hydrogen (secondary N) is 2. The van der Waals surface area contributed by atoms with Crippen LogP contribution in [0.15, 0.2) is 18.2 Å². The average molecular weight is 269 g/mol. The van der Waals surface area contributed by atoms with Gasteiger partial charge in [0.2, 0.25) is 11.7 Å². The zero-order valence-corrected chi connectivity index (χ0v) is 10.8. The maximum Gasteiger partial charge on any atom is 0.304 e. The molecule has 0 aliphatic heterocycles. The molecule has 0 spiro atoms. The summed E-state index contributed by atoms with van der Waals surface area (Å²) >= 11 is 0. The first-order valence-corrected chi connectivity index (χ1v) is 5.89. The molecule has 0 heterocycles. The van der Waals surface area contributed by atoms with Crippen molar-refractivity contribution < 1.29 is 14.1 Å². The SMILES string of the molecule is CCNC(=O)C(C)NCc1ccc([N+](=O)[O-])c(F)c1. The Hall–Kier alpha value is -2.02. The van der Waals surface area contributed by atoms with Crippen molar-refractivity contribution >= 4 is 11.6 Å². The Balaban J connectivity index is 2.61. The second kappa shape index (κ2) is 6.79. The van der Waals surface area contributed by atoms with Gasteiger partial charge in [0.1, 0.15) is 0 Å². The lowest BCUT2D eigenvalue weighted by Gasteiger charge is -2.13. The minimum atomic E-state index is -0.880. The molecule has 7 heteroatoms. The maximum absolute atomic E-state index is 13.4. The number of hydrogen-bond acceptors (Lipinski definition) is 4. The van der Waals surface area contributed by atoms with Gasteiger partial charge in [0.15, 0.2) is 0 Å². The number of nitro groups is 1. The quantitative estimate of drug-likeness (QED) is 0.603. The Morgan fingerprint density at radius 3 is 2.74 bits per heavy atom. The number of halogens is 1. The highest BCUT2D eigenvalue weighted by atomic mass is 19.1. The summed E-state index contributed by atoms with van der Waals surface area (Å²) in [7, 11) is 0. The Morgan fingerprint density at radius 1 is 1.53 bits per heavy atom. The van der Waals surface area contributed by atoms with Crippen molar-refractivity contribution in [3.8, 4) is 0 Å². The molecular formula is C12H16FN3O3. The number of hydrogen-bond donors (Lipinski definition) is 2. The topological polar surface area (TPSA) is 84.3 Å². The third-order valence-corrected chi connectivity index (χ3v) is 2.57. The van der Waals surface area contributed by atoms with Gasteiger partial charge in [-0.2, -0.15) is 4.39 Å². The molecular weight excluding hydrogens is 253 g/mol. The third kappa shape index (κ3) is 4.29. The normalized spacial score (nSPS) is 11.9. The second-order valence-electron chi connectivity index (χ2n) is 4.04. The minimum absolute atomic E-state index is 0.148. The highest BCUT2D eigenvalue weighted by Gasteiger charge is 2.15. The van der Waals surface area contributed by atoms with Crippen LogP contribution in [0.4, 0.5) is 10.1 Å². The van der Waals surface area contributed by atoms with Crippen LogP contribution >= 0.6 is 0 Å². The molecule has 1 rings (SSSR count). The Bertz CT molecular complexity index is 479. The lowest BCUT2D eigenvalue weighted by Crippen LogP contribution is -2.41. The van der Waals surface area contributed by atoms with Crippen LogP contribution in [-0.2, 0) is 11.3 Å². The van der Waals surface area contributed by atoms with Crippen LogP contribution in [0.25, 0.3) is 0 Å². The molecule has 0 saturated heterocycles. The molecule has 6 nitrogen and oxygen atoms in total. The van der Waals surface area contributed by atoms with Crippen LogP contribution in [0.5, 0.6) is 0 Å². The smallest absolute Gasteiger partial charge is 0.304 e. The molecule has 1 aromatic carbocycles. The lowest BCUT2D eigenvalue weighted by molar-refractivity contribution is -0.387. The van der Waals surface area contributed by atoms with E-state index < -0.39 is 22.5 Å². The summed E-state index contributed by atoms with van der Waals surface area (Å²) in [5.74, 6) is -1.03. The van der Waals surface area contributed by atoms with Crippen molar-refractivity contribution in [2.45, 2.75) is 26.4 Å². The van der Waals surface area contributed by atoms with E-state index >= 15 is 0 Å². The first-order valence-electron chi connectivity index (χ1n) is 5.89. The van der Waals surface area contributed by atoms with Crippen molar-refractivity contribution in [3.05, 3.63) is 39.7 Å². The third-order valence-electron chi connectivity index (χ3n) is 2.57. The van der Waals surface area contributed by atoms with Crippen LogP contribution in [0.1, 0.15) is 19.4 Å². The van der Waals surface area contributed by atoms with E-state index in [1.165, 1.54) is 6.07 Å². The Kier molecular flexibility index (Phi) is 5.37. The number of likely N-dealkylation sites (N-methyl/N-ethyl adjacent to an activating group) is 1. The summed E-state index contributed by atoms with van der Waals surface area (Å²) in [5, 5.41) is 16.0. The Morgan fingerprint density at radius 2 is 2.21 bits per heavy atom. The van der Waals surface area contributed by atoms with Gasteiger partial charge in [-0.25, -0.2) is 0 Å². The van der Waals surface area contributed by atoms with E-state index in [-0.39, 0.29) is 12.5 Å². The molecule has 0 saturated carbocycles. The molecule has 1 atom stereocenters. The van der Waals surface area contributed by atoms with Crippen molar-refractivity contribution in [1.29, 1.82) is 0 Å². The minimum Gasteiger partial charge on any atom is -0.355 e. The first kappa shape index (κ1) is 15.0. The van der Waals surface area contributed by atoms with E-state index in [1.54, 1.807) is 6.92 Å². The van der Waals surface area contributed by atoms with E-state index in [9.17, 15) is 19.3 Å². The molecule has 0 aliphatic carbocycles. The van der Waals surface area contributed by atoms with Gasteiger partial charge >= 0.3 is 5.69 Å². The molecule has 1 amide bonds. The predicted molar refractivity (Wildman–Crippen MR) is 68.0 cm³/mol. The number of rotatable bonds is 6. The van der Waals surface area contributed by atoms with Gasteiger partial charge in [-0.1, -0.05) is 6.07 Å². The van der Waals surface area contributed by atoms with Crippen molar-refractivity contribution in [3.63, 3.8) is 0 Å². The highest BCUT2D eigenvalue weighted by molar-refractivity contribution is 5.81. The first-order chi connectivity index (χ1) is 8.95. The van der Waals surface area contributed by atoms with Gasteiger partial charge in [0, 0.05) is 19.2 Å². The van der Waals surface area contributed by atoms with Crippen molar-refractivity contribution in [2.24, 2.45) is 0 Å². The summed E-state index contributed by atoms with van der Waals surface area (Å²) in [6.07, 6.45) is 0. The fraction of sp³-hybridized carbons (Fsp3) is 0.417. The fourth-order valence-electron chi connectivity index (χ4n) is 1.50. The Labute approximate surface area is 110 Å². The van der Waals surface area contributed by atoms with Gasteiger partial charge in [-0.3, -0.25) is 14.9 Å². The van der Waals surface area contributed by atoms with E-state index in [0.29, 0.717) is 12.1 Å². The predicted octanol–water partition coefficient (Wildman–Crippen LogP) is 1.35. The lowest BCUT2D eigenvalue weighted by atomic mass is 10.2. The highest BCUT2D eigenvalue weighted by Crippen LogP contribution is 2.17. The molecule has 0 radical (unpaired) electrons. The molecule has 2 N–H and O–H groups in total. The zero-order valence-electron chi connectivity index (χ0n) is 10.8. The average Bonchev–Trinajstić information content (AvgIpc) is 2.35. The van der Waals surface area contributed by atoms with Crippen LogP contribution in [0.3, 0.4) is 0 Å². The molecule has 0 aromatic heterocycles. The molecule has 19 heavy (non-hydrogen) atoms. The summed E-state index contributed by atoms with van der Waals surface area (Å²) in [6, 6.07) is 3.25. The number of carbonyl (C=O) groups excluding carboxylic acids is 1. The van der Waals surface area contributed by atoms with Crippen molar-refractivity contribution in [2.75, 3.05) is 6.54 Å². The van der Waals surface area contributed by atoms with E-state index in [4.69, 9.17) is 0 Å². The van der Waals surface area contributed by atoms with E-state index in [1.807, 2.05) is 6.92 Å². The maximum atomic E-state index is 13.4. The van der Waals surface area contributed by atoms with Crippen LogP contribution < -0.4 is 10.6 Å². The van der Waals surface area contributed by atoms with Gasteiger partial charge < -0.3 is 10.6 Å². The summed E-state index contributed by atoms with van der Waals surface area (Å²) in [5.41, 5.74) is -0.0141. The summed E-state index contributed by atoms with van der Waals surface area (Å²) in [6.45, 7) is 4.30. The molecule has 0 bridgehead atoms. The fourth-order valence-corrected chi connectivity index (χ4v) is 1.50.